The van der Waals surface area contributed by atoms with Gasteiger partial charge < -0.3 is 5.11 Å². The summed E-state index contributed by atoms with van der Waals surface area (Å²) in [5.41, 5.74) is 0.525. The number of carboxylic acid groups (broad SMARTS) is 1. The number of nitrogens with one attached hydrogen (secondary N) is 1. The Morgan fingerprint density at radius 1 is 1.33 bits per heavy atom. The van der Waals surface area contributed by atoms with E-state index < -0.39 is 16.0 Å². The summed E-state index contributed by atoms with van der Waals surface area (Å²) in [6, 6.07) is 6.01. The minimum absolute atomic E-state index is 0.130. The molecule has 5 nitrogen and oxygen atoms in total. The second-order valence-corrected chi connectivity index (χ2v) is 7.11. The van der Waals surface area contributed by atoms with Crippen LogP contribution in [-0.4, -0.2) is 25.5 Å². The summed E-state index contributed by atoms with van der Waals surface area (Å²) in [6.07, 6.45) is 3.08. The number of benzene rings is 1. The Kier molecular flexibility index (Phi) is 6.11. The van der Waals surface area contributed by atoms with Crippen LogP contribution in [0.1, 0.15) is 32.8 Å². The van der Waals surface area contributed by atoms with Crippen molar-refractivity contribution in [3.05, 3.63) is 35.9 Å². The van der Waals surface area contributed by atoms with Gasteiger partial charge in [0.25, 0.3) is 0 Å². The average molecular weight is 311 g/mol. The third-order valence-corrected chi connectivity index (χ3v) is 4.36. The summed E-state index contributed by atoms with van der Waals surface area (Å²) >= 11 is 0. The first-order valence-electron chi connectivity index (χ1n) is 6.74. The molecule has 0 spiro atoms. The molecule has 0 heterocycles. The lowest BCUT2D eigenvalue weighted by Gasteiger charge is -2.16. The van der Waals surface area contributed by atoms with Crippen LogP contribution < -0.4 is 4.72 Å². The van der Waals surface area contributed by atoms with Gasteiger partial charge in [-0.1, -0.05) is 26.0 Å². The number of carbonyl (C=O) groups is 1. The second kappa shape index (κ2) is 7.38. The van der Waals surface area contributed by atoms with E-state index in [1.807, 2.05) is 20.8 Å². The lowest BCUT2D eigenvalue weighted by molar-refractivity contribution is -0.131. The Bertz CT molecular complexity index is 620. The van der Waals surface area contributed by atoms with Gasteiger partial charge in [-0.05, 0) is 43.0 Å². The molecule has 0 saturated heterocycles. The highest BCUT2D eigenvalue weighted by Gasteiger charge is 2.18. The summed E-state index contributed by atoms with van der Waals surface area (Å²) in [5.74, 6) is -0.681. The van der Waals surface area contributed by atoms with Crippen molar-refractivity contribution in [2.45, 2.75) is 38.1 Å². The van der Waals surface area contributed by atoms with E-state index in [2.05, 4.69) is 4.72 Å². The first-order chi connectivity index (χ1) is 9.70. The van der Waals surface area contributed by atoms with E-state index in [9.17, 15) is 13.2 Å². The van der Waals surface area contributed by atoms with Crippen LogP contribution in [0.5, 0.6) is 0 Å². The molecule has 1 atom stereocenters. The van der Waals surface area contributed by atoms with Crippen LogP contribution in [0.3, 0.4) is 0 Å². The lowest BCUT2D eigenvalue weighted by atomic mass is 10.1. The quantitative estimate of drug-likeness (QED) is 0.758. The second-order valence-electron chi connectivity index (χ2n) is 5.40. The van der Waals surface area contributed by atoms with Gasteiger partial charge in [-0.25, -0.2) is 17.9 Å². The van der Waals surface area contributed by atoms with E-state index in [4.69, 9.17) is 5.11 Å². The van der Waals surface area contributed by atoms with Gasteiger partial charge in [0.1, 0.15) is 0 Å². The molecule has 0 fully saturated rings. The summed E-state index contributed by atoms with van der Waals surface area (Å²) in [7, 11) is -3.60. The molecule has 21 heavy (non-hydrogen) atoms. The van der Waals surface area contributed by atoms with Crippen LogP contribution in [-0.2, 0) is 14.8 Å². The smallest absolute Gasteiger partial charge is 0.328 e. The van der Waals surface area contributed by atoms with Crippen molar-refractivity contribution in [3.8, 4) is 0 Å². The zero-order valence-electron chi connectivity index (χ0n) is 12.4. The maximum absolute atomic E-state index is 12.3. The van der Waals surface area contributed by atoms with Crippen molar-refractivity contribution < 1.29 is 18.3 Å². The predicted octanol–water partition coefficient (Wildman–Crippen LogP) is 2.50. The molecule has 0 bridgehead atoms. The molecule has 0 aliphatic carbocycles. The molecule has 1 unspecified atom stereocenters. The van der Waals surface area contributed by atoms with Gasteiger partial charge in [-0.15, -0.1) is 0 Å². The summed E-state index contributed by atoms with van der Waals surface area (Å²) < 4.78 is 27.2. The van der Waals surface area contributed by atoms with E-state index in [-0.39, 0.29) is 10.9 Å². The van der Waals surface area contributed by atoms with E-state index in [0.717, 1.165) is 12.5 Å². The minimum atomic E-state index is -3.60. The molecule has 6 heteroatoms. The highest BCUT2D eigenvalue weighted by Crippen LogP contribution is 2.14. The molecule has 116 valence electrons. The molecule has 0 amide bonds. The van der Waals surface area contributed by atoms with Crippen LogP contribution >= 0.6 is 0 Å². The lowest BCUT2D eigenvalue weighted by Crippen LogP contribution is -2.33. The Labute approximate surface area is 125 Å². The molecular weight excluding hydrogens is 290 g/mol. The fourth-order valence-electron chi connectivity index (χ4n) is 2.04. The van der Waals surface area contributed by atoms with Crippen molar-refractivity contribution in [1.82, 2.24) is 4.72 Å². The Morgan fingerprint density at radius 3 is 2.57 bits per heavy atom. The largest absolute Gasteiger partial charge is 0.478 e. The van der Waals surface area contributed by atoms with Crippen molar-refractivity contribution in [2.24, 2.45) is 5.92 Å². The van der Waals surface area contributed by atoms with E-state index in [0.29, 0.717) is 11.5 Å². The molecule has 0 saturated carbocycles. The molecule has 0 radical (unpaired) electrons. The van der Waals surface area contributed by atoms with Gasteiger partial charge in [0.15, 0.2) is 0 Å². The van der Waals surface area contributed by atoms with E-state index in [1.165, 1.54) is 18.2 Å². The van der Waals surface area contributed by atoms with Crippen molar-refractivity contribution in [1.29, 1.82) is 0 Å². The maximum Gasteiger partial charge on any atom is 0.328 e. The number of aliphatic carboxylic acids is 1. The SMILES string of the molecule is CC(C)CC(C)NS(=O)(=O)c1cccc(C=CC(=O)O)c1. The van der Waals surface area contributed by atoms with E-state index in [1.54, 1.807) is 12.1 Å². The van der Waals surface area contributed by atoms with Gasteiger partial charge in [-0.3, -0.25) is 0 Å². The maximum atomic E-state index is 12.3. The number of sulfonamides is 1. The summed E-state index contributed by atoms with van der Waals surface area (Å²) in [6.45, 7) is 5.88. The van der Waals surface area contributed by atoms with Crippen LogP contribution in [0.4, 0.5) is 0 Å². The molecular formula is C15H21NO4S. The number of carboxylic acids is 1. The van der Waals surface area contributed by atoms with Crippen LogP contribution in [0, 0.1) is 5.92 Å². The van der Waals surface area contributed by atoms with Crippen LogP contribution in [0.25, 0.3) is 6.08 Å². The van der Waals surface area contributed by atoms with Crippen LogP contribution in [0.2, 0.25) is 0 Å². The highest BCUT2D eigenvalue weighted by atomic mass is 32.2. The van der Waals surface area contributed by atoms with Gasteiger partial charge in [-0.2, -0.15) is 0 Å². The molecule has 0 aliphatic heterocycles. The zero-order chi connectivity index (χ0) is 16.0. The van der Waals surface area contributed by atoms with Crippen molar-refractivity contribution in [2.75, 3.05) is 0 Å². The molecule has 1 aromatic rings. The van der Waals surface area contributed by atoms with Gasteiger partial charge in [0, 0.05) is 12.1 Å². The molecule has 1 rings (SSSR count). The number of hydrogen-bond donors (Lipinski definition) is 2. The Hall–Kier alpha value is -1.66. The van der Waals surface area contributed by atoms with Crippen molar-refractivity contribution >= 4 is 22.1 Å². The molecule has 0 aliphatic rings. The first kappa shape index (κ1) is 17.4. The Morgan fingerprint density at radius 2 is 2.00 bits per heavy atom. The van der Waals surface area contributed by atoms with E-state index >= 15 is 0 Å². The van der Waals surface area contributed by atoms with Gasteiger partial charge in [0.05, 0.1) is 4.90 Å². The van der Waals surface area contributed by atoms with Gasteiger partial charge >= 0.3 is 5.97 Å². The van der Waals surface area contributed by atoms with Crippen LogP contribution in [0.15, 0.2) is 35.2 Å². The highest BCUT2D eigenvalue weighted by molar-refractivity contribution is 7.89. The third kappa shape index (κ3) is 6.10. The summed E-state index contributed by atoms with van der Waals surface area (Å²) in [4.78, 5) is 10.6. The Balaban J connectivity index is 2.93. The first-order valence-corrected chi connectivity index (χ1v) is 8.22. The standard InChI is InChI=1S/C15H21NO4S/c1-11(2)9-12(3)16-21(19,20)14-6-4-5-13(10-14)7-8-15(17)18/h4-8,10-12,16H,9H2,1-3H3,(H,17,18). The minimum Gasteiger partial charge on any atom is -0.478 e. The van der Waals surface area contributed by atoms with Gasteiger partial charge in [0.2, 0.25) is 10.0 Å². The van der Waals surface area contributed by atoms with Crippen molar-refractivity contribution in [3.63, 3.8) is 0 Å². The normalized spacial score (nSPS) is 13.7. The number of hydrogen-bond acceptors (Lipinski definition) is 3. The molecule has 1 aromatic carbocycles. The fourth-order valence-corrected chi connectivity index (χ4v) is 3.35. The molecule has 0 aromatic heterocycles. The monoisotopic (exact) mass is 311 g/mol. The topological polar surface area (TPSA) is 83.5 Å². The summed E-state index contributed by atoms with van der Waals surface area (Å²) in [5, 5.41) is 8.59. The number of rotatable bonds is 7. The predicted molar refractivity (Wildman–Crippen MR) is 82.4 cm³/mol. The zero-order valence-corrected chi connectivity index (χ0v) is 13.2. The fraction of sp³-hybridized carbons (Fsp3) is 0.400. The third-order valence-electron chi connectivity index (χ3n) is 2.77. The average Bonchev–Trinajstić information content (AvgIpc) is 2.35. The molecule has 2 N–H and O–H groups in total.